The summed E-state index contributed by atoms with van der Waals surface area (Å²) in [6, 6.07) is 0.617. The van der Waals surface area contributed by atoms with Crippen LogP contribution in [0, 0.1) is 0 Å². The van der Waals surface area contributed by atoms with Crippen LogP contribution in [0.5, 0.6) is 0 Å². The van der Waals surface area contributed by atoms with Gasteiger partial charge in [0.2, 0.25) is 0 Å². The van der Waals surface area contributed by atoms with Crippen molar-refractivity contribution in [3.8, 4) is 0 Å². The number of nitrogens with zero attached hydrogens (tertiary/aromatic N) is 2. The van der Waals surface area contributed by atoms with Gasteiger partial charge in [0, 0.05) is 12.6 Å². The van der Waals surface area contributed by atoms with Crippen molar-refractivity contribution in [1.82, 2.24) is 15.1 Å². The largest absolute Gasteiger partial charge is 0.471 e. The third-order valence-electron chi connectivity index (χ3n) is 4.04. The molecule has 1 amide bonds. The minimum atomic E-state index is -4.77. The SMILES string of the molecule is CN1CCC(N(C)CCCCCNC(=O)C(F)(F)F)CC1. The highest BCUT2D eigenvalue weighted by molar-refractivity contribution is 5.81. The van der Waals surface area contributed by atoms with Gasteiger partial charge in [0.15, 0.2) is 0 Å². The van der Waals surface area contributed by atoms with E-state index < -0.39 is 12.1 Å². The van der Waals surface area contributed by atoms with Gasteiger partial charge in [-0.25, -0.2) is 0 Å². The summed E-state index contributed by atoms with van der Waals surface area (Å²) in [5, 5.41) is 1.90. The predicted octanol–water partition coefficient (Wildman–Crippen LogP) is 1.86. The van der Waals surface area contributed by atoms with E-state index in [1.807, 2.05) is 5.32 Å². The smallest absolute Gasteiger partial charge is 0.348 e. The number of hydrogen-bond acceptors (Lipinski definition) is 3. The van der Waals surface area contributed by atoms with E-state index in [0.29, 0.717) is 12.5 Å². The van der Waals surface area contributed by atoms with E-state index in [2.05, 4.69) is 23.9 Å². The lowest BCUT2D eigenvalue weighted by atomic mass is 10.0. The molecule has 0 saturated carbocycles. The van der Waals surface area contributed by atoms with E-state index in [4.69, 9.17) is 0 Å². The average Bonchev–Trinajstić information content (AvgIpc) is 2.41. The molecule has 0 aromatic carbocycles. The zero-order valence-corrected chi connectivity index (χ0v) is 12.9. The van der Waals surface area contributed by atoms with Crippen molar-refractivity contribution < 1.29 is 18.0 Å². The van der Waals surface area contributed by atoms with Crippen LogP contribution in [0.2, 0.25) is 0 Å². The van der Waals surface area contributed by atoms with Crippen molar-refractivity contribution in [3.63, 3.8) is 0 Å². The summed E-state index contributed by atoms with van der Waals surface area (Å²) in [6.45, 7) is 3.30. The molecular weight excluding hydrogens is 283 g/mol. The summed E-state index contributed by atoms with van der Waals surface area (Å²) in [7, 11) is 4.24. The van der Waals surface area contributed by atoms with E-state index >= 15 is 0 Å². The molecule has 1 aliphatic heterocycles. The maximum atomic E-state index is 11.9. The molecule has 1 saturated heterocycles. The van der Waals surface area contributed by atoms with Crippen molar-refractivity contribution in [2.45, 2.75) is 44.3 Å². The van der Waals surface area contributed by atoms with E-state index in [0.717, 1.165) is 32.5 Å². The lowest BCUT2D eigenvalue weighted by Crippen LogP contribution is -2.42. The highest BCUT2D eigenvalue weighted by Crippen LogP contribution is 2.15. The Morgan fingerprint density at radius 1 is 1.24 bits per heavy atom. The number of piperidine rings is 1. The maximum absolute atomic E-state index is 11.9. The van der Waals surface area contributed by atoms with Crippen LogP contribution in [0.1, 0.15) is 32.1 Å². The number of likely N-dealkylation sites (tertiary alicyclic amines) is 1. The fourth-order valence-electron chi connectivity index (χ4n) is 2.58. The highest BCUT2D eigenvalue weighted by atomic mass is 19.4. The van der Waals surface area contributed by atoms with E-state index in [-0.39, 0.29) is 6.54 Å². The molecule has 0 aliphatic carbocycles. The quantitative estimate of drug-likeness (QED) is 0.729. The first-order valence-corrected chi connectivity index (χ1v) is 7.54. The normalized spacial score (nSPS) is 18.2. The van der Waals surface area contributed by atoms with Crippen LogP contribution in [-0.4, -0.2) is 68.2 Å². The zero-order chi connectivity index (χ0) is 15.9. The number of amides is 1. The van der Waals surface area contributed by atoms with Crippen molar-refractivity contribution in [3.05, 3.63) is 0 Å². The van der Waals surface area contributed by atoms with Crippen molar-refractivity contribution in [2.24, 2.45) is 0 Å². The molecule has 1 N–H and O–H groups in total. The molecule has 0 radical (unpaired) electrons. The van der Waals surface area contributed by atoms with Crippen LogP contribution >= 0.6 is 0 Å². The lowest BCUT2D eigenvalue weighted by Gasteiger charge is -2.35. The van der Waals surface area contributed by atoms with Gasteiger partial charge in [0.1, 0.15) is 0 Å². The third-order valence-corrected chi connectivity index (χ3v) is 4.04. The summed E-state index contributed by atoms with van der Waals surface area (Å²) in [6.07, 6.45) is -0.0550. The summed E-state index contributed by atoms with van der Waals surface area (Å²) in [5.41, 5.74) is 0. The minimum Gasteiger partial charge on any atom is -0.348 e. The fourth-order valence-corrected chi connectivity index (χ4v) is 2.58. The molecule has 21 heavy (non-hydrogen) atoms. The number of halogens is 3. The Bertz CT molecular complexity index is 315. The predicted molar refractivity (Wildman–Crippen MR) is 76.1 cm³/mol. The Kier molecular flexibility index (Phi) is 7.45. The summed E-state index contributed by atoms with van der Waals surface area (Å²) in [5.74, 6) is -1.84. The molecule has 1 heterocycles. The van der Waals surface area contributed by atoms with Gasteiger partial charge in [-0.2, -0.15) is 13.2 Å². The second-order valence-electron chi connectivity index (χ2n) is 5.83. The third kappa shape index (κ3) is 7.13. The molecule has 0 aromatic heterocycles. The van der Waals surface area contributed by atoms with Gasteiger partial charge in [0.05, 0.1) is 0 Å². The Hall–Kier alpha value is -0.820. The van der Waals surface area contributed by atoms with Gasteiger partial charge in [-0.1, -0.05) is 6.42 Å². The molecule has 0 atom stereocenters. The van der Waals surface area contributed by atoms with Crippen molar-refractivity contribution in [1.29, 1.82) is 0 Å². The van der Waals surface area contributed by atoms with Gasteiger partial charge >= 0.3 is 12.1 Å². The molecule has 1 rings (SSSR count). The van der Waals surface area contributed by atoms with Gasteiger partial charge in [-0.15, -0.1) is 0 Å². The van der Waals surface area contributed by atoms with Gasteiger partial charge in [-0.3, -0.25) is 4.79 Å². The molecule has 1 fully saturated rings. The molecule has 0 aromatic rings. The second-order valence-corrected chi connectivity index (χ2v) is 5.83. The van der Waals surface area contributed by atoms with Crippen molar-refractivity contribution in [2.75, 3.05) is 40.3 Å². The maximum Gasteiger partial charge on any atom is 0.471 e. The summed E-state index contributed by atoms with van der Waals surface area (Å²) in [4.78, 5) is 15.3. The molecule has 0 unspecified atom stereocenters. The van der Waals surface area contributed by atoms with Crippen LogP contribution in [0.4, 0.5) is 13.2 Å². The molecule has 1 aliphatic rings. The number of nitrogens with one attached hydrogen (secondary N) is 1. The van der Waals surface area contributed by atoms with Crippen molar-refractivity contribution >= 4 is 5.91 Å². The van der Waals surface area contributed by atoms with E-state index in [1.54, 1.807) is 0 Å². The van der Waals surface area contributed by atoms with E-state index in [1.165, 1.54) is 12.8 Å². The molecule has 0 spiro atoms. The first-order valence-electron chi connectivity index (χ1n) is 7.54. The standard InChI is InChI=1S/C14H26F3N3O/c1-19-10-6-12(7-11-19)20(2)9-5-3-4-8-18-13(21)14(15,16)17/h12H,3-11H2,1-2H3,(H,18,21). The monoisotopic (exact) mass is 309 g/mol. The highest BCUT2D eigenvalue weighted by Gasteiger charge is 2.38. The molecule has 124 valence electrons. The zero-order valence-electron chi connectivity index (χ0n) is 12.9. The minimum absolute atomic E-state index is 0.0935. The first kappa shape index (κ1) is 18.2. The number of hydrogen-bond donors (Lipinski definition) is 1. The van der Waals surface area contributed by atoms with Crippen LogP contribution in [0.15, 0.2) is 0 Å². The number of carbonyl (C=O) groups excluding carboxylic acids is 1. The number of alkyl halides is 3. The van der Waals surface area contributed by atoms with E-state index in [9.17, 15) is 18.0 Å². The second kappa shape index (κ2) is 8.58. The van der Waals surface area contributed by atoms with Crippen LogP contribution in [0.3, 0.4) is 0 Å². The first-order chi connectivity index (χ1) is 9.80. The molecule has 7 heteroatoms. The Morgan fingerprint density at radius 2 is 1.86 bits per heavy atom. The van der Waals surface area contributed by atoms with Gasteiger partial charge in [0.25, 0.3) is 0 Å². The fraction of sp³-hybridized carbons (Fsp3) is 0.929. The molecule has 0 bridgehead atoms. The summed E-state index contributed by atoms with van der Waals surface area (Å²) < 4.78 is 35.8. The number of unbranched alkanes of at least 4 members (excludes halogenated alkanes) is 2. The number of carbonyl (C=O) groups is 1. The summed E-state index contributed by atoms with van der Waals surface area (Å²) >= 11 is 0. The average molecular weight is 309 g/mol. The number of rotatable bonds is 7. The van der Waals surface area contributed by atoms with Crippen LogP contribution < -0.4 is 5.32 Å². The lowest BCUT2D eigenvalue weighted by molar-refractivity contribution is -0.173. The van der Waals surface area contributed by atoms with Gasteiger partial charge in [-0.05, 0) is 59.4 Å². The Balaban J connectivity index is 2.02. The molecular formula is C14H26F3N3O. The molecule has 4 nitrogen and oxygen atoms in total. The Morgan fingerprint density at radius 3 is 2.43 bits per heavy atom. The topological polar surface area (TPSA) is 35.6 Å². The van der Waals surface area contributed by atoms with Gasteiger partial charge < -0.3 is 15.1 Å². The Labute approximate surface area is 124 Å². The van der Waals surface area contributed by atoms with Crippen LogP contribution in [-0.2, 0) is 4.79 Å². The van der Waals surface area contributed by atoms with Crippen LogP contribution in [0.25, 0.3) is 0 Å².